The molecular weight excluding hydrogens is 300 g/mol. The molecule has 0 aliphatic heterocycles. The van der Waals surface area contributed by atoms with E-state index >= 15 is 0 Å². The van der Waals surface area contributed by atoms with Crippen LogP contribution in [0.3, 0.4) is 0 Å². The Kier molecular flexibility index (Phi) is 4.33. The third-order valence-electron chi connectivity index (χ3n) is 3.00. The maximum absolute atomic E-state index is 11.8. The zero-order chi connectivity index (χ0) is 13.8. The first kappa shape index (κ1) is 13.8. The largest absolute Gasteiger partial charge is 0.294 e. The van der Waals surface area contributed by atoms with E-state index < -0.39 is 0 Å². The second-order valence-corrected chi connectivity index (χ2v) is 5.35. The fraction of sp³-hybridized carbons (Fsp3) is 0.118. The van der Waals surface area contributed by atoms with Gasteiger partial charge in [0.15, 0.2) is 5.78 Å². The molecule has 0 fully saturated rings. The van der Waals surface area contributed by atoms with Crippen LogP contribution in [0.15, 0.2) is 59.6 Å². The van der Waals surface area contributed by atoms with E-state index in [1.807, 2.05) is 48.5 Å². The van der Waals surface area contributed by atoms with Crippen molar-refractivity contribution in [2.75, 3.05) is 0 Å². The van der Waals surface area contributed by atoms with Crippen LogP contribution >= 0.6 is 15.9 Å². The highest BCUT2D eigenvalue weighted by atomic mass is 79.9. The maximum Gasteiger partial charge on any atom is 0.160 e. The molecule has 0 spiro atoms. The fourth-order valence-electron chi connectivity index (χ4n) is 2.06. The summed E-state index contributed by atoms with van der Waals surface area (Å²) in [6, 6.07) is 14.0. The number of carbonyl (C=O) groups excluding carboxylic acids is 1. The van der Waals surface area contributed by atoms with E-state index in [0.717, 1.165) is 33.1 Å². The molecule has 19 heavy (non-hydrogen) atoms. The monoisotopic (exact) mass is 314 g/mol. The van der Waals surface area contributed by atoms with Crippen molar-refractivity contribution in [1.82, 2.24) is 0 Å². The van der Waals surface area contributed by atoms with Crippen LogP contribution in [0, 0.1) is 0 Å². The van der Waals surface area contributed by atoms with Gasteiger partial charge in [-0.3, -0.25) is 4.79 Å². The summed E-state index contributed by atoms with van der Waals surface area (Å²) in [7, 11) is 0. The van der Waals surface area contributed by atoms with Crippen LogP contribution in [0.5, 0.6) is 0 Å². The molecule has 0 aromatic heterocycles. The van der Waals surface area contributed by atoms with Gasteiger partial charge in [-0.2, -0.15) is 0 Å². The molecular formula is C17H15BrO. The highest BCUT2D eigenvalue weighted by Gasteiger charge is 2.10. The SMILES string of the molecule is C=CCc1ccc(-c2ccc(Br)cc2)c(C(C)=O)c1. The number of benzene rings is 2. The number of rotatable bonds is 4. The lowest BCUT2D eigenvalue weighted by molar-refractivity contribution is 0.101. The summed E-state index contributed by atoms with van der Waals surface area (Å²) in [6.07, 6.45) is 2.62. The highest BCUT2D eigenvalue weighted by Crippen LogP contribution is 2.27. The van der Waals surface area contributed by atoms with Crippen molar-refractivity contribution >= 4 is 21.7 Å². The van der Waals surface area contributed by atoms with Crippen LogP contribution in [0.2, 0.25) is 0 Å². The molecule has 96 valence electrons. The summed E-state index contributed by atoms with van der Waals surface area (Å²) in [4.78, 5) is 11.8. The molecule has 2 aromatic rings. The van der Waals surface area contributed by atoms with Gasteiger partial charge < -0.3 is 0 Å². The van der Waals surface area contributed by atoms with Gasteiger partial charge in [0, 0.05) is 10.0 Å². The molecule has 0 bridgehead atoms. The summed E-state index contributed by atoms with van der Waals surface area (Å²) in [6.45, 7) is 5.34. The molecule has 0 amide bonds. The Balaban J connectivity index is 2.53. The Hall–Kier alpha value is -1.67. The topological polar surface area (TPSA) is 17.1 Å². The molecule has 2 aromatic carbocycles. The lowest BCUT2D eigenvalue weighted by Crippen LogP contribution is -1.98. The third-order valence-corrected chi connectivity index (χ3v) is 3.53. The normalized spacial score (nSPS) is 10.2. The average Bonchev–Trinajstić information content (AvgIpc) is 2.40. The number of hydrogen-bond acceptors (Lipinski definition) is 1. The molecule has 2 heteroatoms. The Morgan fingerprint density at radius 3 is 2.47 bits per heavy atom. The van der Waals surface area contributed by atoms with E-state index in [2.05, 4.69) is 22.5 Å². The lowest BCUT2D eigenvalue weighted by Gasteiger charge is -2.09. The van der Waals surface area contributed by atoms with Crippen molar-refractivity contribution in [1.29, 1.82) is 0 Å². The summed E-state index contributed by atoms with van der Waals surface area (Å²) < 4.78 is 1.03. The van der Waals surface area contributed by atoms with E-state index in [1.54, 1.807) is 6.92 Å². The van der Waals surface area contributed by atoms with E-state index in [1.165, 1.54) is 0 Å². The molecule has 0 atom stereocenters. The first-order valence-corrected chi connectivity index (χ1v) is 6.92. The van der Waals surface area contributed by atoms with Crippen molar-refractivity contribution in [3.8, 4) is 11.1 Å². The number of Topliss-reactive ketones (excluding diaryl/α,β-unsaturated/α-hetero) is 1. The van der Waals surface area contributed by atoms with Gasteiger partial charge >= 0.3 is 0 Å². The zero-order valence-electron chi connectivity index (χ0n) is 10.8. The number of hydrogen-bond donors (Lipinski definition) is 0. The summed E-state index contributed by atoms with van der Waals surface area (Å²) >= 11 is 3.42. The van der Waals surface area contributed by atoms with Gasteiger partial charge in [-0.15, -0.1) is 6.58 Å². The number of ketones is 1. The van der Waals surface area contributed by atoms with Crippen LogP contribution in [0.4, 0.5) is 0 Å². The van der Waals surface area contributed by atoms with Crippen LogP contribution < -0.4 is 0 Å². The Morgan fingerprint density at radius 2 is 1.89 bits per heavy atom. The standard InChI is InChI=1S/C17H15BrO/c1-3-4-13-5-10-16(17(11-13)12(2)19)14-6-8-15(18)9-7-14/h3,5-11H,1,4H2,2H3. The van der Waals surface area contributed by atoms with Crippen LogP contribution in [-0.2, 0) is 6.42 Å². The number of halogens is 1. The fourth-order valence-corrected chi connectivity index (χ4v) is 2.32. The molecule has 0 radical (unpaired) electrons. The minimum Gasteiger partial charge on any atom is -0.294 e. The van der Waals surface area contributed by atoms with Crippen LogP contribution in [0.1, 0.15) is 22.8 Å². The van der Waals surface area contributed by atoms with Gasteiger partial charge in [-0.05, 0) is 48.2 Å². The third kappa shape index (κ3) is 3.21. The average molecular weight is 315 g/mol. The van der Waals surface area contributed by atoms with Gasteiger partial charge in [0.1, 0.15) is 0 Å². The number of carbonyl (C=O) groups is 1. The molecule has 0 heterocycles. The summed E-state index contributed by atoms with van der Waals surface area (Å²) in [5, 5.41) is 0. The molecule has 2 rings (SSSR count). The van der Waals surface area contributed by atoms with Gasteiger partial charge in [-0.1, -0.05) is 46.3 Å². The van der Waals surface area contributed by atoms with Gasteiger partial charge in [0.25, 0.3) is 0 Å². The molecule has 0 aliphatic carbocycles. The number of allylic oxidation sites excluding steroid dienone is 1. The van der Waals surface area contributed by atoms with Crippen molar-refractivity contribution < 1.29 is 4.79 Å². The molecule has 1 nitrogen and oxygen atoms in total. The van der Waals surface area contributed by atoms with Gasteiger partial charge in [0.2, 0.25) is 0 Å². The predicted octanol–water partition coefficient (Wildman–Crippen LogP) is 5.05. The lowest BCUT2D eigenvalue weighted by atomic mass is 9.94. The van der Waals surface area contributed by atoms with Gasteiger partial charge in [-0.25, -0.2) is 0 Å². The molecule has 0 unspecified atom stereocenters. The summed E-state index contributed by atoms with van der Waals surface area (Å²) in [5.74, 6) is 0.0869. The molecule has 0 saturated carbocycles. The minimum absolute atomic E-state index is 0.0869. The second-order valence-electron chi connectivity index (χ2n) is 4.44. The van der Waals surface area contributed by atoms with Crippen molar-refractivity contribution in [2.24, 2.45) is 0 Å². The Labute approximate surface area is 122 Å². The first-order valence-electron chi connectivity index (χ1n) is 6.12. The zero-order valence-corrected chi connectivity index (χ0v) is 12.4. The minimum atomic E-state index is 0.0869. The van der Waals surface area contributed by atoms with E-state index in [0.29, 0.717) is 0 Å². The second kappa shape index (κ2) is 5.98. The summed E-state index contributed by atoms with van der Waals surface area (Å²) in [5.41, 5.74) is 3.91. The van der Waals surface area contributed by atoms with Crippen molar-refractivity contribution in [3.63, 3.8) is 0 Å². The van der Waals surface area contributed by atoms with E-state index in [4.69, 9.17) is 0 Å². The van der Waals surface area contributed by atoms with Crippen LogP contribution in [-0.4, -0.2) is 5.78 Å². The predicted molar refractivity (Wildman–Crippen MR) is 83.5 cm³/mol. The van der Waals surface area contributed by atoms with Crippen LogP contribution in [0.25, 0.3) is 11.1 Å². The maximum atomic E-state index is 11.8. The van der Waals surface area contributed by atoms with E-state index in [-0.39, 0.29) is 5.78 Å². The van der Waals surface area contributed by atoms with Gasteiger partial charge in [0.05, 0.1) is 0 Å². The Bertz CT molecular complexity index is 612. The smallest absolute Gasteiger partial charge is 0.160 e. The van der Waals surface area contributed by atoms with Crippen molar-refractivity contribution in [2.45, 2.75) is 13.3 Å². The van der Waals surface area contributed by atoms with E-state index in [9.17, 15) is 4.79 Å². The molecule has 0 aliphatic rings. The molecule has 0 saturated heterocycles. The first-order chi connectivity index (χ1) is 9.11. The Morgan fingerprint density at radius 1 is 1.21 bits per heavy atom. The van der Waals surface area contributed by atoms with Crippen molar-refractivity contribution in [3.05, 3.63) is 70.7 Å². The molecule has 0 N–H and O–H groups in total. The highest BCUT2D eigenvalue weighted by molar-refractivity contribution is 9.10. The quantitative estimate of drug-likeness (QED) is 0.570.